The lowest BCUT2D eigenvalue weighted by Crippen LogP contribution is -2.44. The molecule has 0 spiro atoms. The van der Waals surface area contributed by atoms with E-state index in [2.05, 4.69) is 50.1 Å². The van der Waals surface area contributed by atoms with Gasteiger partial charge in [-0.05, 0) is 79.7 Å². The number of aromatic nitrogens is 1. The summed E-state index contributed by atoms with van der Waals surface area (Å²) in [6.07, 6.45) is 7.80. The number of carbonyl (C=O) groups is 2. The average Bonchev–Trinajstić information content (AvgIpc) is 3.02. The minimum absolute atomic E-state index is 0.0688. The molecule has 6 nitrogen and oxygen atoms in total. The fraction of sp³-hybridized carbons (Fsp3) is 0.536. The van der Waals surface area contributed by atoms with Crippen LogP contribution in [0.3, 0.4) is 0 Å². The average molecular weight is 620 g/mol. The van der Waals surface area contributed by atoms with Crippen LogP contribution >= 0.6 is 31.9 Å². The van der Waals surface area contributed by atoms with Crippen molar-refractivity contribution in [2.75, 3.05) is 26.2 Å². The summed E-state index contributed by atoms with van der Waals surface area (Å²) in [5, 5.41) is 10.9. The molecule has 5 rings (SSSR count). The number of halogens is 2. The van der Waals surface area contributed by atoms with Crippen LogP contribution in [-0.2, 0) is 22.4 Å². The van der Waals surface area contributed by atoms with Crippen LogP contribution in [0.25, 0.3) is 0 Å². The van der Waals surface area contributed by atoms with Crippen LogP contribution in [0.2, 0.25) is 0 Å². The standard InChI is InChI=1S/C28H34Br2N3O3/c1-18(34)31-11-6-19(7-12-31)15-25(35)32-13-8-20(9-14-32)27-26-22(16-23(29)17-24(26)30)5-4-21-3-2-10-33(36)28(21)27/h2-3,10,16-17,19-20,27,36H,4-9,11-15H2,1H3/q+1/t27-/m1/s1. The van der Waals surface area contributed by atoms with Crippen molar-refractivity contribution < 1.29 is 19.5 Å². The molecule has 8 heteroatoms. The highest BCUT2D eigenvalue weighted by Crippen LogP contribution is 2.45. The highest BCUT2D eigenvalue weighted by molar-refractivity contribution is 9.11. The normalized spacial score (nSPS) is 21.0. The summed E-state index contributed by atoms with van der Waals surface area (Å²) in [5.41, 5.74) is 4.77. The van der Waals surface area contributed by atoms with Gasteiger partial charge in [0.2, 0.25) is 23.7 Å². The van der Waals surface area contributed by atoms with Crippen LogP contribution in [0.15, 0.2) is 39.4 Å². The van der Waals surface area contributed by atoms with E-state index in [0.717, 1.165) is 79.3 Å². The Morgan fingerprint density at radius 3 is 2.36 bits per heavy atom. The van der Waals surface area contributed by atoms with Crippen molar-refractivity contribution in [2.45, 2.75) is 57.8 Å². The number of nitrogens with zero attached hydrogens (tertiary/aromatic N) is 3. The lowest BCUT2D eigenvalue weighted by Gasteiger charge is -2.37. The molecule has 192 valence electrons. The van der Waals surface area contributed by atoms with Gasteiger partial charge in [-0.1, -0.05) is 31.9 Å². The zero-order valence-corrected chi connectivity index (χ0v) is 23.9. The third-order valence-electron chi connectivity index (χ3n) is 8.44. The summed E-state index contributed by atoms with van der Waals surface area (Å²) in [6.45, 7) is 4.66. The van der Waals surface area contributed by atoms with Gasteiger partial charge in [-0.3, -0.25) is 14.8 Å². The molecule has 2 fully saturated rings. The Hall–Kier alpha value is -1.93. The van der Waals surface area contributed by atoms with E-state index < -0.39 is 0 Å². The van der Waals surface area contributed by atoms with Crippen LogP contribution in [0.5, 0.6) is 0 Å². The third-order valence-corrected chi connectivity index (χ3v) is 9.55. The molecular weight excluding hydrogens is 586 g/mol. The van der Waals surface area contributed by atoms with Gasteiger partial charge in [-0.2, -0.15) is 0 Å². The number of pyridine rings is 1. The summed E-state index contributed by atoms with van der Waals surface area (Å²) in [6, 6.07) is 8.38. The minimum atomic E-state index is 0.0688. The molecule has 0 saturated carbocycles. The van der Waals surface area contributed by atoms with Crippen molar-refractivity contribution in [2.24, 2.45) is 11.8 Å². The van der Waals surface area contributed by atoms with E-state index in [1.54, 1.807) is 13.1 Å². The third kappa shape index (κ3) is 5.21. The molecule has 1 aromatic heterocycles. The molecule has 3 aliphatic rings. The number of hydrogen-bond donors (Lipinski definition) is 1. The number of carbonyl (C=O) groups excluding carboxylic acids is 2. The Kier molecular flexibility index (Phi) is 7.73. The van der Waals surface area contributed by atoms with Crippen molar-refractivity contribution in [3.8, 4) is 0 Å². The topological polar surface area (TPSA) is 64.7 Å². The van der Waals surface area contributed by atoms with Crippen LogP contribution in [0.1, 0.15) is 67.3 Å². The Morgan fingerprint density at radius 2 is 1.67 bits per heavy atom. The number of fused-ring (bicyclic) bond motifs is 2. The number of hydrogen-bond acceptors (Lipinski definition) is 3. The summed E-state index contributed by atoms with van der Waals surface area (Å²) in [5.74, 6) is 1.15. The molecule has 2 aliphatic heterocycles. The van der Waals surface area contributed by atoms with E-state index in [9.17, 15) is 14.8 Å². The van der Waals surface area contributed by atoms with Crippen molar-refractivity contribution in [1.82, 2.24) is 9.80 Å². The van der Waals surface area contributed by atoms with E-state index in [1.165, 1.54) is 21.4 Å². The molecule has 0 radical (unpaired) electrons. The van der Waals surface area contributed by atoms with Crippen LogP contribution in [0.4, 0.5) is 0 Å². The van der Waals surface area contributed by atoms with Gasteiger partial charge in [0, 0.05) is 64.8 Å². The lowest BCUT2D eigenvalue weighted by atomic mass is 9.76. The Labute approximate surface area is 229 Å². The van der Waals surface area contributed by atoms with Gasteiger partial charge < -0.3 is 9.80 Å². The molecule has 36 heavy (non-hydrogen) atoms. The summed E-state index contributed by atoms with van der Waals surface area (Å²) >= 11 is 7.50. The summed E-state index contributed by atoms with van der Waals surface area (Å²) in [4.78, 5) is 28.7. The first kappa shape index (κ1) is 25.7. The Morgan fingerprint density at radius 1 is 1.00 bits per heavy atom. The maximum atomic E-state index is 13.2. The first-order valence-corrected chi connectivity index (χ1v) is 14.6. The van der Waals surface area contributed by atoms with Crippen molar-refractivity contribution in [3.05, 3.63) is 61.8 Å². The molecule has 1 aliphatic carbocycles. The monoisotopic (exact) mass is 618 g/mol. The van der Waals surface area contributed by atoms with Gasteiger partial charge in [0.25, 0.3) is 0 Å². The van der Waals surface area contributed by atoms with E-state index in [-0.39, 0.29) is 17.7 Å². The fourth-order valence-electron chi connectivity index (χ4n) is 6.48. The second-order valence-corrected chi connectivity index (χ2v) is 12.3. The molecule has 3 heterocycles. The van der Waals surface area contributed by atoms with Crippen LogP contribution < -0.4 is 4.73 Å². The summed E-state index contributed by atoms with van der Waals surface area (Å²) in [7, 11) is 0. The number of benzene rings is 1. The first-order valence-electron chi connectivity index (χ1n) is 13.1. The van der Waals surface area contributed by atoms with E-state index in [4.69, 9.17) is 0 Å². The van der Waals surface area contributed by atoms with E-state index >= 15 is 0 Å². The number of rotatable bonds is 3. The largest absolute Gasteiger partial charge is 0.343 e. The Balaban J connectivity index is 1.32. The quantitative estimate of drug-likeness (QED) is 0.395. The zero-order chi connectivity index (χ0) is 25.4. The predicted molar refractivity (Wildman–Crippen MR) is 144 cm³/mol. The molecule has 2 aromatic rings. The maximum Gasteiger partial charge on any atom is 0.245 e. The molecule has 1 atom stereocenters. The lowest BCUT2D eigenvalue weighted by molar-refractivity contribution is -0.910. The highest BCUT2D eigenvalue weighted by atomic mass is 79.9. The molecular formula is C28H34Br2N3O3+. The smallest absolute Gasteiger partial charge is 0.245 e. The maximum absolute atomic E-state index is 13.2. The van der Waals surface area contributed by atoms with Crippen molar-refractivity contribution in [1.29, 1.82) is 0 Å². The number of likely N-dealkylation sites (tertiary alicyclic amines) is 2. The van der Waals surface area contributed by atoms with Crippen LogP contribution in [0, 0.1) is 11.8 Å². The van der Waals surface area contributed by atoms with E-state index in [0.29, 0.717) is 18.3 Å². The zero-order valence-electron chi connectivity index (χ0n) is 20.8. The van der Waals surface area contributed by atoms with Crippen molar-refractivity contribution >= 4 is 43.7 Å². The van der Waals surface area contributed by atoms with Gasteiger partial charge in [0.15, 0.2) is 0 Å². The molecule has 1 N–H and O–H groups in total. The predicted octanol–water partition coefficient (Wildman–Crippen LogP) is 4.85. The number of amides is 2. The van der Waals surface area contributed by atoms with Gasteiger partial charge in [-0.25, -0.2) is 0 Å². The second-order valence-electron chi connectivity index (χ2n) is 10.6. The second kappa shape index (κ2) is 10.8. The van der Waals surface area contributed by atoms with E-state index in [1.807, 2.05) is 15.9 Å². The SMILES string of the molecule is CC(=O)N1CCC(CC(=O)N2CCC([C@@H]3c4c(Br)cc(Br)cc4CCc4ccc[n+](O)c43)CC2)CC1. The molecule has 2 saturated heterocycles. The molecule has 0 bridgehead atoms. The first-order chi connectivity index (χ1) is 17.3. The fourth-order valence-corrected chi connectivity index (χ4v) is 8.04. The van der Waals surface area contributed by atoms with Crippen LogP contribution in [-0.4, -0.2) is 53.0 Å². The van der Waals surface area contributed by atoms with Crippen molar-refractivity contribution in [3.63, 3.8) is 0 Å². The van der Waals surface area contributed by atoms with Gasteiger partial charge in [0.1, 0.15) is 0 Å². The number of piperidine rings is 2. The Bertz CT molecular complexity index is 1150. The molecule has 1 aromatic carbocycles. The highest BCUT2D eigenvalue weighted by Gasteiger charge is 2.41. The minimum Gasteiger partial charge on any atom is -0.343 e. The van der Waals surface area contributed by atoms with Gasteiger partial charge in [-0.15, -0.1) is 0 Å². The van der Waals surface area contributed by atoms with Gasteiger partial charge >= 0.3 is 0 Å². The molecule has 0 unspecified atom stereocenters. The number of aryl methyl sites for hydroxylation is 2. The summed E-state index contributed by atoms with van der Waals surface area (Å²) < 4.78 is 3.46. The van der Waals surface area contributed by atoms with Gasteiger partial charge in [0.05, 0.1) is 5.92 Å². The molecule has 2 amide bonds.